The molecule has 0 aromatic rings. The number of hydrogen-bond donors (Lipinski definition) is 2. The van der Waals surface area contributed by atoms with E-state index in [4.69, 9.17) is 11.2 Å². The molecular weight excluding hydrogens is 220 g/mol. The molecule has 0 aliphatic carbocycles. The zero-order valence-electron chi connectivity index (χ0n) is 10.2. The number of carbonyl (C=O) groups is 1. The molecule has 1 fully saturated rings. The van der Waals surface area contributed by atoms with Crippen LogP contribution in [0.1, 0.15) is 12.8 Å². The minimum atomic E-state index is -0.737. The fourth-order valence-corrected chi connectivity index (χ4v) is 1.92. The highest BCUT2D eigenvalue weighted by atomic mass is 16.5. The SMILES string of the molecule is C#CCNC(=O)CN(C)CC1(O)CCOCC1. The molecule has 0 unspecified atom stereocenters. The first-order valence-electron chi connectivity index (χ1n) is 5.74. The number of amides is 1. The van der Waals surface area contributed by atoms with Gasteiger partial charge in [-0.25, -0.2) is 0 Å². The van der Waals surface area contributed by atoms with Gasteiger partial charge in [-0.2, -0.15) is 0 Å². The Morgan fingerprint density at radius 3 is 2.82 bits per heavy atom. The van der Waals surface area contributed by atoms with E-state index in [-0.39, 0.29) is 19.0 Å². The molecule has 1 saturated heterocycles. The number of nitrogens with one attached hydrogen (secondary N) is 1. The molecule has 1 heterocycles. The highest BCUT2D eigenvalue weighted by Crippen LogP contribution is 2.20. The second-order valence-electron chi connectivity index (χ2n) is 4.49. The van der Waals surface area contributed by atoms with E-state index in [1.54, 1.807) is 4.90 Å². The molecule has 0 bridgehead atoms. The molecule has 0 aromatic heterocycles. The molecule has 1 aliphatic heterocycles. The number of rotatable bonds is 5. The third kappa shape index (κ3) is 5.18. The van der Waals surface area contributed by atoms with Crippen LogP contribution in [0.4, 0.5) is 0 Å². The zero-order chi connectivity index (χ0) is 12.7. The number of aliphatic hydroxyl groups is 1. The number of nitrogens with zero attached hydrogens (tertiary/aromatic N) is 1. The predicted molar refractivity (Wildman–Crippen MR) is 64.3 cm³/mol. The Hall–Kier alpha value is -1.09. The van der Waals surface area contributed by atoms with Crippen molar-refractivity contribution in [3.05, 3.63) is 0 Å². The van der Waals surface area contributed by atoms with Crippen molar-refractivity contribution < 1.29 is 14.6 Å². The summed E-state index contributed by atoms with van der Waals surface area (Å²) in [4.78, 5) is 13.2. The van der Waals surface area contributed by atoms with Gasteiger partial charge in [0.25, 0.3) is 0 Å². The fourth-order valence-electron chi connectivity index (χ4n) is 1.92. The van der Waals surface area contributed by atoms with E-state index in [1.807, 2.05) is 7.05 Å². The zero-order valence-corrected chi connectivity index (χ0v) is 10.2. The summed E-state index contributed by atoms with van der Waals surface area (Å²) in [6.07, 6.45) is 6.27. The number of hydrogen-bond acceptors (Lipinski definition) is 4. The third-order valence-corrected chi connectivity index (χ3v) is 2.79. The van der Waals surface area contributed by atoms with Gasteiger partial charge in [-0.1, -0.05) is 5.92 Å². The lowest BCUT2D eigenvalue weighted by molar-refractivity contribution is -0.123. The van der Waals surface area contributed by atoms with E-state index in [1.165, 1.54) is 0 Å². The summed E-state index contributed by atoms with van der Waals surface area (Å²) in [6, 6.07) is 0. The van der Waals surface area contributed by atoms with Gasteiger partial charge in [0.15, 0.2) is 0 Å². The van der Waals surface area contributed by atoms with Crippen molar-refractivity contribution in [3.8, 4) is 12.3 Å². The summed E-state index contributed by atoms with van der Waals surface area (Å²) in [6.45, 7) is 2.11. The Balaban J connectivity index is 2.30. The van der Waals surface area contributed by atoms with E-state index in [0.717, 1.165) is 0 Å². The van der Waals surface area contributed by atoms with Crippen molar-refractivity contribution in [2.45, 2.75) is 18.4 Å². The van der Waals surface area contributed by atoms with Crippen molar-refractivity contribution in [2.24, 2.45) is 0 Å². The fraction of sp³-hybridized carbons (Fsp3) is 0.750. The first kappa shape index (κ1) is 14.0. The summed E-state index contributed by atoms with van der Waals surface area (Å²) >= 11 is 0. The van der Waals surface area contributed by atoms with Crippen LogP contribution in [0.5, 0.6) is 0 Å². The summed E-state index contributed by atoms with van der Waals surface area (Å²) in [5.74, 6) is 2.22. The Bertz CT molecular complexity index is 293. The quantitative estimate of drug-likeness (QED) is 0.618. The van der Waals surface area contributed by atoms with Crippen molar-refractivity contribution in [1.82, 2.24) is 10.2 Å². The molecule has 17 heavy (non-hydrogen) atoms. The van der Waals surface area contributed by atoms with E-state index >= 15 is 0 Å². The van der Waals surface area contributed by atoms with Gasteiger partial charge in [-0.3, -0.25) is 9.69 Å². The molecule has 0 aromatic carbocycles. The third-order valence-electron chi connectivity index (χ3n) is 2.79. The smallest absolute Gasteiger partial charge is 0.234 e. The highest BCUT2D eigenvalue weighted by Gasteiger charge is 2.31. The van der Waals surface area contributed by atoms with Crippen molar-refractivity contribution in [3.63, 3.8) is 0 Å². The van der Waals surface area contributed by atoms with Crippen LogP contribution >= 0.6 is 0 Å². The Morgan fingerprint density at radius 2 is 2.24 bits per heavy atom. The van der Waals surface area contributed by atoms with E-state index in [0.29, 0.717) is 32.6 Å². The van der Waals surface area contributed by atoms with Crippen LogP contribution in [0, 0.1) is 12.3 Å². The molecule has 0 atom stereocenters. The lowest BCUT2D eigenvalue weighted by Crippen LogP contribution is -2.48. The molecule has 5 heteroatoms. The van der Waals surface area contributed by atoms with Crippen LogP contribution in [-0.2, 0) is 9.53 Å². The van der Waals surface area contributed by atoms with Gasteiger partial charge in [0, 0.05) is 32.6 Å². The maximum absolute atomic E-state index is 11.4. The van der Waals surface area contributed by atoms with Gasteiger partial charge >= 0.3 is 0 Å². The lowest BCUT2D eigenvalue weighted by Gasteiger charge is -2.35. The molecular formula is C12H20N2O3. The summed E-state index contributed by atoms with van der Waals surface area (Å²) in [5, 5.41) is 12.8. The highest BCUT2D eigenvalue weighted by molar-refractivity contribution is 5.78. The summed E-state index contributed by atoms with van der Waals surface area (Å²) in [7, 11) is 1.81. The molecule has 0 saturated carbocycles. The second kappa shape index (κ2) is 6.60. The number of likely N-dealkylation sites (N-methyl/N-ethyl adjacent to an activating group) is 1. The Morgan fingerprint density at radius 1 is 1.59 bits per heavy atom. The number of ether oxygens (including phenoxy) is 1. The van der Waals surface area contributed by atoms with E-state index < -0.39 is 5.60 Å². The summed E-state index contributed by atoms with van der Waals surface area (Å²) < 4.78 is 5.20. The minimum Gasteiger partial charge on any atom is -0.388 e. The minimum absolute atomic E-state index is 0.124. The van der Waals surface area contributed by atoms with Crippen molar-refractivity contribution in [1.29, 1.82) is 0 Å². The Kier molecular flexibility index (Phi) is 5.42. The molecule has 1 aliphatic rings. The summed E-state index contributed by atoms with van der Waals surface area (Å²) in [5.41, 5.74) is -0.737. The second-order valence-corrected chi connectivity index (χ2v) is 4.49. The number of terminal acetylenes is 1. The molecule has 5 nitrogen and oxygen atoms in total. The first-order valence-corrected chi connectivity index (χ1v) is 5.74. The molecule has 1 amide bonds. The van der Waals surface area contributed by atoms with Crippen LogP contribution in [0.3, 0.4) is 0 Å². The molecule has 0 radical (unpaired) electrons. The predicted octanol–water partition coefficient (Wildman–Crippen LogP) is -0.791. The Labute approximate surface area is 102 Å². The van der Waals surface area contributed by atoms with Crippen LogP contribution < -0.4 is 5.32 Å². The van der Waals surface area contributed by atoms with Crippen molar-refractivity contribution in [2.75, 3.05) is 39.9 Å². The van der Waals surface area contributed by atoms with Crippen LogP contribution in [0.15, 0.2) is 0 Å². The largest absolute Gasteiger partial charge is 0.388 e. The average molecular weight is 240 g/mol. The van der Waals surface area contributed by atoms with Crippen LogP contribution in [0.2, 0.25) is 0 Å². The van der Waals surface area contributed by atoms with Crippen LogP contribution in [0.25, 0.3) is 0 Å². The topological polar surface area (TPSA) is 61.8 Å². The number of carbonyl (C=O) groups excluding carboxylic acids is 1. The van der Waals surface area contributed by atoms with E-state index in [2.05, 4.69) is 11.2 Å². The van der Waals surface area contributed by atoms with Crippen molar-refractivity contribution >= 4 is 5.91 Å². The molecule has 0 spiro atoms. The first-order chi connectivity index (χ1) is 8.06. The lowest BCUT2D eigenvalue weighted by atomic mass is 9.94. The van der Waals surface area contributed by atoms with Gasteiger partial charge in [-0.15, -0.1) is 6.42 Å². The van der Waals surface area contributed by atoms with Gasteiger partial charge < -0.3 is 15.2 Å². The van der Waals surface area contributed by atoms with Gasteiger partial charge in [0.1, 0.15) is 0 Å². The van der Waals surface area contributed by atoms with E-state index in [9.17, 15) is 9.90 Å². The monoisotopic (exact) mass is 240 g/mol. The maximum atomic E-state index is 11.4. The van der Waals surface area contributed by atoms with Gasteiger partial charge in [-0.05, 0) is 7.05 Å². The standard InChI is InChI=1S/C12H20N2O3/c1-3-6-13-11(15)9-14(2)10-12(16)4-7-17-8-5-12/h1,16H,4-10H2,2H3,(H,13,15). The molecule has 96 valence electrons. The van der Waals surface area contributed by atoms with Crippen LogP contribution in [-0.4, -0.2) is 61.4 Å². The average Bonchev–Trinajstić information content (AvgIpc) is 2.26. The molecule has 1 rings (SSSR count). The maximum Gasteiger partial charge on any atom is 0.234 e. The molecule has 2 N–H and O–H groups in total. The van der Waals surface area contributed by atoms with Gasteiger partial charge in [0.05, 0.1) is 18.7 Å². The normalized spacial score (nSPS) is 18.7. The van der Waals surface area contributed by atoms with Gasteiger partial charge in [0.2, 0.25) is 5.91 Å².